The lowest BCUT2D eigenvalue weighted by atomic mass is 9.96. The van der Waals surface area contributed by atoms with E-state index < -0.39 is 0 Å². The van der Waals surface area contributed by atoms with Gasteiger partial charge in [0, 0.05) is 6.42 Å². The van der Waals surface area contributed by atoms with Crippen LogP contribution in [0.5, 0.6) is 11.8 Å². The van der Waals surface area contributed by atoms with Crippen LogP contribution < -0.4 is 20.5 Å². The van der Waals surface area contributed by atoms with Gasteiger partial charge in [0.1, 0.15) is 0 Å². The SMILES string of the molecule is CCC(CCN)CCC(=O)Nc1nc(OC)cc(OC)n1. The van der Waals surface area contributed by atoms with Crippen LogP contribution in [0.25, 0.3) is 0 Å². The fourth-order valence-electron chi connectivity index (χ4n) is 1.98. The van der Waals surface area contributed by atoms with Crippen LogP contribution in [0.4, 0.5) is 5.95 Å². The molecule has 7 nitrogen and oxygen atoms in total. The van der Waals surface area contributed by atoms with Crippen molar-refractivity contribution in [1.29, 1.82) is 0 Å². The van der Waals surface area contributed by atoms with Crippen LogP contribution in [-0.4, -0.2) is 36.6 Å². The number of aromatic nitrogens is 2. The van der Waals surface area contributed by atoms with Gasteiger partial charge in [0.15, 0.2) is 0 Å². The van der Waals surface area contributed by atoms with Gasteiger partial charge in [0.2, 0.25) is 23.6 Å². The van der Waals surface area contributed by atoms with Gasteiger partial charge in [0.05, 0.1) is 20.3 Å². The van der Waals surface area contributed by atoms with E-state index in [1.54, 1.807) is 6.07 Å². The van der Waals surface area contributed by atoms with E-state index >= 15 is 0 Å². The van der Waals surface area contributed by atoms with Gasteiger partial charge in [-0.1, -0.05) is 13.3 Å². The number of nitrogens with one attached hydrogen (secondary N) is 1. The first-order valence-electron chi connectivity index (χ1n) is 7.09. The zero-order chi connectivity index (χ0) is 15.7. The minimum atomic E-state index is -0.124. The highest BCUT2D eigenvalue weighted by Crippen LogP contribution is 2.18. The van der Waals surface area contributed by atoms with Crippen molar-refractivity contribution in [1.82, 2.24) is 9.97 Å². The Hall–Kier alpha value is -1.89. The fourth-order valence-corrected chi connectivity index (χ4v) is 1.98. The highest BCUT2D eigenvalue weighted by molar-refractivity contribution is 5.88. The van der Waals surface area contributed by atoms with Gasteiger partial charge in [-0.25, -0.2) is 0 Å². The molecule has 0 fully saturated rings. The number of rotatable bonds is 9. The number of carbonyl (C=O) groups is 1. The lowest BCUT2D eigenvalue weighted by Crippen LogP contribution is -2.16. The molecule has 1 unspecified atom stereocenters. The molecule has 1 aromatic heterocycles. The van der Waals surface area contributed by atoms with Crippen LogP contribution in [0.2, 0.25) is 0 Å². The van der Waals surface area contributed by atoms with E-state index in [2.05, 4.69) is 22.2 Å². The van der Waals surface area contributed by atoms with E-state index in [1.165, 1.54) is 14.2 Å². The van der Waals surface area contributed by atoms with Crippen LogP contribution >= 0.6 is 0 Å². The van der Waals surface area contributed by atoms with Crippen LogP contribution in [0.15, 0.2) is 6.07 Å². The van der Waals surface area contributed by atoms with E-state index in [4.69, 9.17) is 15.2 Å². The van der Waals surface area contributed by atoms with Gasteiger partial charge in [-0.3, -0.25) is 10.1 Å². The molecule has 0 bridgehead atoms. The van der Waals surface area contributed by atoms with Gasteiger partial charge >= 0.3 is 0 Å². The van der Waals surface area contributed by atoms with Crippen molar-refractivity contribution >= 4 is 11.9 Å². The first-order valence-corrected chi connectivity index (χ1v) is 7.09. The zero-order valence-electron chi connectivity index (χ0n) is 12.9. The molecule has 0 aromatic carbocycles. The van der Waals surface area contributed by atoms with Crippen molar-refractivity contribution in [3.63, 3.8) is 0 Å². The maximum atomic E-state index is 11.9. The van der Waals surface area contributed by atoms with E-state index in [0.29, 0.717) is 30.6 Å². The predicted octanol–water partition coefficient (Wildman–Crippen LogP) is 1.59. The molecule has 0 radical (unpaired) electrons. The molecule has 0 saturated carbocycles. The van der Waals surface area contributed by atoms with Gasteiger partial charge < -0.3 is 15.2 Å². The lowest BCUT2D eigenvalue weighted by molar-refractivity contribution is -0.116. The van der Waals surface area contributed by atoms with Crippen molar-refractivity contribution in [2.24, 2.45) is 11.7 Å². The van der Waals surface area contributed by atoms with Gasteiger partial charge in [-0.05, 0) is 25.3 Å². The molecule has 0 saturated heterocycles. The smallest absolute Gasteiger partial charge is 0.236 e. The molecule has 0 aliphatic heterocycles. The van der Waals surface area contributed by atoms with Crippen LogP contribution in [-0.2, 0) is 4.79 Å². The number of methoxy groups -OCH3 is 2. The number of nitrogens with two attached hydrogens (primary N) is 1. The zero-order valence-corrected chi connectivity index (χ0v) is 12.9. The number of hydrogen-bond acceptors (Lipinski definition) is 6. The number of nitrogens with zero attached hydrogens (tertiary/aromatic N) is 2. The minimum Gasteiger partial charge on any atom is -0.481 e. The summed E-state index contributed by atoms with van der Waals surface area (Å²) in [4.78, 5) is 20.0. The Morgan fingerprint density at radius 2 is 1.90 bits per heavy atom. The van der Waals surface area contributed by atoms with Crippen molar-refractivity contribution in [3.8, 4) is 11.8 Å². The summed E-state index contributed by atoms with van der Waals surface area (Å²) in [5.74, 6) is 1.21. The number of anilines is 1. The van der Waals surface area contributed by atoms with Crippen LogP contribution in [0, 0.1) is 5.92 Å². The molecule has 7 heteroatoms. The largest absolute Gasteiger partial charge is 0.481 e. The van der Waals surface area contributed by atoms with Crippen molar-refractivity contribution in [2.45, 2.75) is 32.6 Å². The number of ether oxygens (including phenoxy) is 2. The third kappa shape index (κ3) is 5.95. The Labute approximate surface area is 125 Å². The third-order valence-electron chi connectivity index (χ3n) is 3.28. The van der Waals surface area contributed by atoms with Gasteiger partial charge in [0.25, 0.3) is 0 Å². The van der Waals surface area contributed by atoms with E-state index in [9.17, 15) is 4.79 Å². The number of amides is 1. The van der Waals surface area contributed by atoms with Gasteiger partial charge in [-0.2, -0.15) is 9.97 Å². The average molecular weight is 296 g/mol. The first kappa shape index (κ1) is 17.2. The fraction of sp³-hybridized carbons (Fsp3) is 0.643. The summed E-state index contributed by atoms with van der Waals surface area (Å²) in [5, 5.41) is 2.66. The maximum Gasteiger partial charge on any atom is 0.236 e. The molecule has 0 spiro atoms. The van der Waals surface area contributed by atoms with Gasteiger partial charge in [-0.15, -0.1) is 0 Å². The molecule has 1 amide bonds. The summed E-state index contributed by atoms with van der Waals surface area (Å²) in [5.41, 5.74) is 5.55. The van der Waals surface area contributed by atoms with E-state index in [1.807, 2.05) is 0 Å². The Kier molecular flexibility index (Phi) is 7.45. The first-order chi connectivity index (χ1) is 10.1. The third-order valence-corrected chi connectivity index (χ3v) is 3.28. The molecule has 0 aliphatic rings. The van der Waals surface area contributed by atoms with Crippen LogP contribution in [0.3, 0.4) is 0 Å². The maximum absolute atomic E-state index is 11.9. The summed E-state index contributed by atoms with van der Waals surface area (Å²) in [6.07, 6.45) is 3.18. The highest BCUT2D eigenvalue weighted by Gasteiger charge is 2.12. The van der Waals surface area contributed by atoms with E-state index in [-0.39, 0.29) is 11.9 Å². The summed E-state index contributed by atoms with van der Waals surface area (Å²) < 4.78 is 10.1. The highest BCUT2D eigenvalue weighted by atomic mass is 16.5. The molecule has 0 aliphatic carbocycles. The molecule has 1 atom stereocenters. The van der Waals surface area contributed by atoms with E-state index in [0.717, 1.165) is 19.3 Å². The quantitative estimate of drug-likeness (QED) is 0.718. The normalized spacial score (nSPS) is 11.8. The Balaban J connectivity index is 2.57. The number of carbonyl (C=O) groups excluding carboxylic acids is 1. The molecule has 3 N–H and O–H groups in total. The minimum absolute atomic E-state index is 0.124. The lowest BCUT2D eigenvalue weighted by Gasteiger charge is -2.13. The van der Waals surface area contributed by atoms with Crippen LogP contribution in [0.1, 0.15) is 32.6 Å². The average Bonchev–Trinajstić information content (AvgIpc) is 2.50. The Bertz CT molecular complexity index is 432. The molecule has 1 heterocycles. The number of hydrogen-bond donors (Lipinski definition) is 2. The Morgan fingerprint density at radius 3 is 2.38 bits per heavy atom. The second-order valence-electron chi connectivity index (χ2n) is 4.71. The topological polar surface area (TPSA) is 99.4 Å². The molecule has 1 aromatic rings. The second kappa shape index (κ2) is 9.12. The van der Waals surface area contributed by atoms with Crippen molar-refractivity contribution in [2.75, 3.05) is 26.1 Å². The molecular formula is C14H24N4O3. The summed E-state index contributed by atoms with van der Waals surface area (Å²) in [6.45, 7) is 2.75. The standard InChI is InChI=1S/C14H24N4O3/c1-4-10(7-8-15)5-6-11(19)16-14-17-12(20-2)9-13(18-14)21-3/h9-10H,4-8,15H2,1-3H3,(H,16,17,18,19). The predicted molar refractivity (Wildman–Crippen MR) is 80.5 cm³/mol. The second-order valence-corrected chi connectivity index (χ2v) is 4.71. The molecule has 118 valence electrons. The summed E-state index contributed by atoms with van der Waals surface area (Å²) in [7, 11) is 2.98. The van der Waals surface area contributed by atoms with Crippen molar-refractivity contribution in [3.05, 3.63) is 6.07 Å². The summed E-state index contributed by atoms with van der Waals surface area (Å²) in [6, 6.07) is 1.55. The molecule has 1 rings (SSSR count). The monoisotopic (exact) mass is 296 g/mol. The summed E-state index contributed by atoms with van der Waals surface area (Å²) >= 11 is 0. The molecule has 21 heavy (non-hydrogen) atoms. The van der Waals surface area contributed by atoms with Crippen molar-refractivity contribution < 1.29 is 14.3 Å². The Morgan fingerprint density at radius 1 is 1.29 bits per heavy atom. The molecular weight excluding hydrogens is 272 g/mol.